The lowest BCUT2D eigenvalue weighted by atomic mass is 10.2. The lowest BCUT2D eigenvalue weighted by Crippen LogP contribution is -2.33. The second-order valence-corrected chi connectivity index (χ2v) is 4.20. The van der Waals surface area contributed by atoms with Gasteiger partial charge >= 0.3 is 5.69 Å². The van der Waals surface area contributed by atoms with E-state index >= 15 is 0 Å². The predicted molar refractivity (Wildman–Crippen MR) is 64.0 cm³/mol. The van der Waals surface area contributed by atoms with Gasteiger partial charge < -0.3 is 9.47 Å². The van der Waals surface area contributed by atoms with Crippen molar-refractivity contribution in [3.63, 3.8) is 0 Å². The molecule has 6 heteroatoms. The molecular formula is C12H14N2O4. The molecule has 1 saturated heterocycles. The van der Waals surface area contributed by atoms with Gasteiger partial charge in [0, 0.05) is 11.8 Å². The number of terminal acetylenes is 1. The Hall–Kier alpha value is -2.00. The fourth-order valence-corrected chi connectivity index (χ4v) is 1.96. The number of rotatable bonds is 3. The van der Waals surface area contributed by atoms with Crippen molar-refractivity contribution < 1.29 is 9.47 Å². The van der Waals surface area contributed by atoms with E-state index in [-0.39, 0.29) is 17.9 Å². The van der Waals surface area contributed by atoms with Crippen LogP contribution in [0.2, 0.25) is 0 Å². The van der Waals surface area contributed by atoms with Gasteiger partial charge in [0.25, 0.3) is 5.56 Å². The summed E-state index contributed by atoms with van der Waals surface area (Å²) in [5, 5.41) is 0. The summed E-state index contributed by atoms with van der Waals surface area (Å²) in [4.78, 5) is 25.2. The summed E-state index contributed by atoms with van der Waals surface area (Å²) in [6, 6.07) is 0. The van der Waals surface area contributed by atoms with Gasteiger partial charge in [0.05, 0.1) is 6.10 Å². The first kappa shape index (κ1) is 12.5. The molecule has 0 bridgehead atoms. The van der Waals surface area contributed by atoms with E-state index in [1.165, 1.54) is 10.8 Å². The number of aromatic amines is 1. The molecule has 1 aromatic heterocycles. The fraction of sp³-hybridized carbons (Fsp3) is 0.500. The second-order valence-electron chi connectivity index (χ2n) is 4.20. The summed E-state index contributed by atoms with van der Waals surface area (Å²) in [5.74, 6) is 0. The van der Waals surface area contributed by atoms with E-state index in [2.05, 4.69) is 11.1 Å². The van der Waals surface area contributed by atoms with Crippen LogP contribution in [0.5, 0.6) is 0 Å². The van der Waals surface area contributed by atoms with Crippen molar-refractivity contribution in [2.75, 3.05) is 6.61 Å². The van der Waals surface area contributed by atoms with Gasteiger partial charge in [0.15, 0.2) is 0 Å². The molecule has 6 nitrogen and oxygen atoms in total. The van der Waals surface area contributed by atoms with Gasteiger partial charge in [-0.3, -0.25) is 14.3 Å². The summed E-state index contributed by atoms with van der Waals surface area (Å²) >= 11 is 0. The zero-order valence-corrected chi connectivity index (χ0v) is 10.0. The highest BCUT2D eigenvalue weighted by atomic mass is 16.5. The van der Waals surface area contributed by atoms with Gasteiger partial charge in [0.1, 0.15) is 18.9 Å². The predicted octanol–water partition coefficient (Wildman–Crippen LogP) is 0.130. The number of aryl methyl sites for hydroxylation is 1. The van der Waals surface area contributed by atoms with E-state index in [1.807, 2.05) is 0 Å². The van der Waals surface area contributed by atoms with Crippen molar-refractivity contribution in [3.8, 4) is 12.5 Å². The Morgan fingerprint density at radius 2 is 2.39 bits per heavy atom. The molecule has 0 aliphatic carbocycles. The van der Waals surface area contributed by atoms with Gasteiger partial charge in [0.2, 0.25) is 0 Å². The molecule has 1 aliphatic rings. The molecular weight excluding hydrogens is 236 g/mol. The Morgan fingerprint density at radius 3 is 3.11 bits per heavy atom. The topological polar surface area (TPSA) is 73.3 Å². The minimum Gasteiger partial charge on any atom is -0.444 e. The number of aromatic nitrogens is 2. The van der Waals surface area contributed by atoms with Crippen LogP contribution in [0.25, 0.3) is 0 Å². The van der Waals surface area contributed by atoms with Crippen LogP contribution in [0.1, 0.15) is 24.6 Å². The van der Waals surface area contributed by atoms with Crippen LogP contribution in [0.15, 0.2) is 15.8 Å². The molecule has 2 atom stereocenters. The molecule has 0 unspecified atom stereocenters. The van der Waals surface area contributed by atoms with Gasteiger partial charge in [-0.25, -0.2) is 4.79 Å². The first-order chi connectivity index (χ1) is 8.61. The van der Waals surface area contributed by atoms with Crippen LogP contribution in [-0.4, -0.2) is 22.3 Å². The monoisotopic (exact) mass is 250 g/mol. The summed E-state index contributed by atoms with van der Waals surface area (Å²) in [6.45, 7) is 1.95. The molecule has 1 N–H and O–H groups in total. The van der Waals surface area contributed by atoms with Crippen molar-refractivity contribution in [2.45, 2.75) is 32.1 Å². The Kier molecular flexibility index (Phi) is 3.53. The second kappa shape index (κ2) is 5.10. The van der Waals surface area contributed by atoms with Gasteiger partial charge in [-0.05, 0) is 19.8 Å². The molecule has 18 heavy (non-hydrogen) atoms. The number of nitrogens with zero attached hydrogens (tertiary/aromatic N) is 1. The molecule has 1 fully saturated rings. The average molecular weight is 250 g/mol. The molecule has 0 amide bonds. The summed E-state index contributed by atoms with van der Waals surface area (Å²) in [5.41, 5.74) is -0.364. The van der Waals surface area contributed by atoms with Crippen LogP contribution in [-0.2, 0) is 9.47 Å². The average Bonchev–Trinajstić information content (AvgIpc) is 2.79. The third-order valence-electron chi connectivity index (χ3n) is 2.89. The van der Waals surface area contributed by atoms with Gasteiger partial charge in [-0.1, -0.05) is 6.42 Å². The summed E-state index contributed by atoms with van der Waals surface area (Å²) in [7, 11) is 0. The quantitative estimate of drug-likeness (QED) is 0.774. The molecule has 96 valence electrons. The SMILES string of the molecule is C#COC[C@@H]1CC[C@H](n2cc(C)c(=O)[nH]c2=O)O1. The Balaban J connectivity index is 2.15. The van der Waals surface area contributed by atoms with E-state index in [1.54, 1.807) is 6.92 Å². The van der Waals surface area contributed by atoms with Gasteiger partial charge in [-0.2, -0.15) is 0 Å². The zero-order valence-electron chi connectivity index (χ0n) is 10.0. The van der Waals surface area contributed by atoms with E-state index < -0.39 is 5.69 Å². The van der Waals surface area contributed by atoms with Crippen molar-refractivity contribution in [1.82, 2.24) is 9.55 Å². The van der Waals surface area contributed by atoms with Crippen molar-refractivity contribution >= 4 is 0 Å². The van der Waals surface area contributed by atoms with Crippen LogP contribution < -0.4 is 11.2 Å². The Labute approximate surface area is 104 Å². The number of hydrogen-bond acceptors (Lipinski definition) is 4. The number of ether oxygens (including phenoxy) is 2. The standard InChI is InChI=1S/C12H14N2O4/c1-3-17-7-9-4-5-10(18-9)14-6-8(2)11(15)13-12(14)16/h1,6,9-10H,4-5,7H2,2H3,(H,13,15,16)/t9-,10+/m0/s1. The van der Waals surface area contributed by atoms with Gasteiger partial charge in [-0.15, -0.1) is 0 Å². The Bertz CT molecular complexity index is 581. The molecule has 0 aromatic carbocycles. The Morgan fingerprint density at radius 1 is 1.61 bits per heavy atom. The van der Waals surface area contributed by atoms with E-state index in [9.17, 15) is 9.59 Å². The van der Waals surface area contributed by atoms with Crippen LogP contribution in [0, 0.1) is 19.5 Å². The highest BCUT2D eigenvalue weighted by Gasteiger charge is 2.27. The summed E-state index contributed by atoms with van der Waals surface area (Å²) < 4.78 is 11.9. The van der Waals surface area contributed by atoms with E-state index in [0.717, 1.165) is 6.42 Å². The summed E-state index contributed by atoms with van der Waals surface area (Å²) in [6.07, 6.45) is 9.53. The van der Waals surface area contributed by atoms with Crippen LogP contribution in [0.3, 0.4) is 0 Å². The lowest BCUT2D eigenvalue weighted by molar-refractivity contribution is -0.0246. The molecule has 0 saturated carbocycles. The molecule has 1 aliphatic heterocycles. The third kappa shape index (κ3) is 2.46. The molecule has 2 heterocycles. The molecule has 2 rings (SSSR count). The number of H-pyrrole nitrogens is 1. The molecule has 0 spiro atoms. The maximum absolute atomic E-state index is 11.7. The molecule has 0 radical (unpaired) electrons. The van der Waals surface area contributed by atoms with Crippen LogP contribution >= 0.6 is 0 Å². The van der Waals surface area contributed by atoms with Crippen LogP contribution in [0.4, 0.5) is 0 Å². The maximum Gasteiger partial charge on any atom is 0.330 e. The third-order valence-corrected chi connectivity index (χ3v) is 2.89. The normalized spacial score (nSPS) is 22.7. The highest BCUT2D eigenvalue weighted by molar-refractivity contribution is 5.01. The lowest BCUT2D eigenvalue weighted by Gasteiger charge is -2.15. The van der Waals surface area contributed by atoms with E-state index in [4.69, 9.17) is 15.9 Å². The maximum atomic E-state index is 11.7. The fourth-order valence-electron chi connectivity index (χ4n) is 1.96. The van der Waals surface area contributed by atoms with Crippen molar-refractivity contribution in [2.24, 2.45) is 0 Å². The smallest absolute Gasteiger partial charge is 0.330 e. The first-order valence-electron chi connectivity index (χ1n) is 5.66. The zero-order chi connectivity index (χ0) is 13.1. The van der Waals surface area contributed by atoms with Crippen molar-refractivity contribution in [1.29, 1.82) is 0 Å². The van der Waals surface area contributed by atoms with E-state index in [0.29, 0.717) is 18.6 Å². The van der Waals surface area contributed by atoms with Crippen molar-refractivity contribution in [3.05, 3.63) is 32.6 Å². The minimum absolute atomic E-state index is 0.120. The highest BCUT2D eigenvalue weighted by Crippen LogP contribution is 2.26. The largest absolute Gasteiger partial charge is 0.444 e. The minimum atomic E-state index is -0.464. The number of nitrogens with one attached hydrogen (secondary N) is 1. The number of hydrogen-bond donors (Lipinski definition) is 1. The first-order valence-corrected chi connectivity index (χ1v) is 5.66. The molecule has 1 aromatic rings.